The standard InChI is InChI=1S/C22H22BrFN2O3/c1-25(2)12-3-13-26-19(14-6-10-17(24)11-7-14)18(21(28)22(26)29)20(27)15-4-8-16(23)9-5-15/h4-11,19,27H,3,12-13H2,1-2H3/b20-18-. The number of likely N-dealkylation sites (tertiary alicyclic amines) is 1. The zero-order valence-electron chi connectivity index (χ0n) is 16.2. The van der Waals surface area contributed by atoms with Crippen LogP contribution in [0.4, 0.5) is 4.39 Å². The molecule has 1 aliphatic heterocycles. The first kappa shape index (κ1) is 21.2. The van der Waals surface area contributed by atoms with Crippen LogP contribution in [0.2, 0.25) is 0 Å². The molecule has 152 valence electrons. The molecule has 1 N–H and O–H groups in total. The minimum Gasteiger partial charge on any atom is -0.507 e. The Morgan fingerprint density at radius 3 is 2.31 bits per heavy atom. The molecule has 0 radical (unpaired) electrons. The smallest absolute Gasteiger partial charge is 0.295 e. The van der Waals surface area contributed by atoms with Crippen LogP contribution in [0.25, 0.3) is 5.76 Å². The zero-order chi connectivity index (χ0) is 21.1. The molecule has 1 amide bonds. The Morgan fingerprint density at radius 1 is 1.10 bits per heavy atom. The van der Waals surface area contributed by atoms with E-state index in [0.29, 0.717) is 24.1 Å². The zero-order valence-corrected chi connectivity index (χ0v) is 17.8. The molecule has 2 aromatic rings. The summed E-state index contributed by atoms with van der Waals surface area (Å²) in [5, 5.41) is 10.9. The van der Waals surface area contributed by atoms with Crippen molar-refractivity contribution in [2.75, 3.05) is 27.2 Å². The summed E-state index contributed by atoms with van der Waals surface area (Å²) in [5.74, 6) is -2.03. The van der Waals surface area contributed by atoms with E-state index in [0.717, 1.165) is 11.0 Å². The lowest BCUT2D eigenvalue weighted by atomic mass is 9.95. The molecule has 7 heteroatoms. The second kappa shape index (κ2) is 8.88. The number of carbonyl (C=O) groups is 2. The highest BCUT2D eigenvalue weighted by molar-refractivity contribution is 9.10. The number of ketones is 1. The van der Waals surface area contributed by atoms with Crippen molar-refractivity contribution in [1.82, 2.24) is 9.80 Å². The molecular formula is C22H22BrFN2O3. The fraction of sp³-hybridized carbons (Fsp3) is 0.273. The molecule has 1 atom stereocenters. The van der Waals surface area contributed by atoms with Gasteiger partial charge in [0.05, 0.1) is 11.6 Å². The largest absolute Gasteiger partial charge is 0.507 e. The van der Waals surface area contributed by atoms with Gasteiger partial charge in [-0.2, -0.15) is 0 Å². The molecule has 1 unspecified atom stereocenters. The second-order valence-electron chi connectivity index (χ2n) is 7.21. The molecular weight excluding hydrogens is 439 g/mol. The van der Waals surface area contributed by atoms with Crippen LogP contribution < -0.4 is 0 Å². The molecule has 3 rings (SSSR count). The van der Waals surface area contributed by atoms with Crippen molar-refractivity contribution in [3.8, 4) is 0 Å². The monoisotopic (exact) mass is 460 g/mol. The SMILES string of the molecule is CN(C)CCCN1C(=O)C(=O)/C(=C(\O)c2ccc(Br)cc2)C1c1ccc(F)cc1. The normalized spacial score (nSPS) is 18.7. The van der Waals surface area contributed by atoms with Gasteiger partial charge in [-0.1, -0.05) is 40.2 Å². The molecule has 0 saturated carbocycles. The number of Topliss-reactive ketones (excluding diaryl/α,β-unsaturated/α-hetero) is 1. The van der Waals surface area contributed by atoms with Crippen molar-refractivity contribution in [1.29, 1.82) is 0 Å². The summed E-state index contributed by atoms with van der Waals surface area (Å²) in [5.41, 5.74) is 1.04. The van der Waals surface area contributed by atoms with E-state index in [-0.39, 0.29) is 11.3 Å². The van der Waals surface area contributed by atoms with Gasteiger partial charge in [-0.05, 0) is 56.9 Å². The van der Waals surface area contributed by atoms with E-state index < -0.39 is 23.5 Å². The highest BCUT2D eigenvalue weighted by atomic mass is 79.9. The number of benzene rings is 2. The fourth-order valence-corrected chi connectivity index (χ4v) is 3.69. The molecule has 1 fully saturated rings. The Hall–Kier alpha value is -2.51. The van der Waals surface area contributed by atoms with Gasteiger partial charge in [0.25, 0.3) is 11.7 Å². The Morgan fingerprint density at radius 2 is 1.72 bits per heavy atom. The Labute approximate surface area is 177 Å². The molecule has 29 heavy (non-hydrogen) atoms. The van der Waals surface area contributed by atoms with Crippen molar-refractivity contribution >= 4 is 33.4 Å². The molecule has 0 aromatic heterocycles. The van der Waals surface area contributed by atoms with E-state index in [9.17, 15) is 19.1 Å². The topological polar surface area (TPSA) is 60.9 Å². The van der Waals surface area contributed by atoms with Gasteiger partial charge in [0, 0.05) is 16.6 Å². The van der Waals surface area contributed by atoms with Crippen LogP contribution in [-0.2, 0) is 9.59 Å². The number of nitrogens with zero attached hydrogens (tertiary/aromatic N) is 2. The molecule has 1 aliphatic rings. The van der Waals surface area contributed by atoms with Crippen molar-refractivity contribution in [2.24, 2.45) is 0 Å². The highest BCUT2D eigenvalue weighted by Gasteiger charge is 2.45. The number of rotatable bonds is 6. The summed E-state index contributed by atoms with van der Waals surface area (Å²) in [6.45, 7) is 1.09. The maximum atomic E-state index is 13.5. The number of aliphatic hydroxyl groups is 1. The first-order valence-corrected chi connectivity index (χ1v) is 10.0. The average molecular weight is 461 g/mol. The maximum Gasteiger partial charge on any atom is 0.295 e. The third kappa shape index (κ3) is 4.57. The van der Waals surface area contributed by atoms with Gasteiger partial charge in [-0.3, -0.25) is 9.59 Å². The summed E-state index contributed by atoms with van der Waals surface area (Å²) in [7, 11) is 3.86. The minimum absolute atomic E-state index is 0.0220. The average Bonchev–Trinajstić information content (AvgIpc) is 2.93. The van der Waals surface area contributed by atoms with E-state index in [4.69, 9.17) is 0 Å². The van der Waals surface area contributed by atoms with Crippen molar-refractivity contribution in [3.63, 3.8) is 0 Å². The van der Waals surface area contributed by atoms with Gasteiger partial charge < -0.3 is 14.9 Å². The molecule has 5 nitrogen and oxygen atoms in total. The van der Waals surface area contributed by atoms with Crippen molar-refractivity contribution in [2.45, 2.75) is 12.5 Å². The number of aliphatic hydroxyl groups excluding tert-OH is 1. The summed E-state index contributed by atoms with van der Waals surface area (Å²) in [6, 6.07) is 11.7. The van der Waals surface area contributed by atoms with Crippen molar-refractivity contribution < 1.29 is 19.1 Å². The van der Waals surface area contributed by atoms with Gasteiger partial charge in [-0.15, -0.1) is 0 Å². The Kier molecular flexibility index (Phi) is 6.49. The van der Waals surface area contributed by atoms with Crippen LogP contribution in [0.1, 0.15) is 23.6 Å². The highest BCUT2D eigenvalue weighted by Crippen LogP contribution is 2.39. The first-order valence-electron chi connectivity index (χ1n) is 9.24. The van der Waals surface area contributed by atoms with Gasteiger partial charge >= 0.3 is 0 Å². The predicted octanol–water partition coefficient (Wildman–Crippen LogP) is 3.96. The van der Waals surface area contributed by atoms with Crippen LogP contribution in [0.15, 0.2) is 58.6 Å². The lowest BCUT2D eigenvalue weighted by Gasteiger charge is -2.26. The number of hydrogen-bond donors (Lipinski definition) is 1. The minimum atomic E-state index is -0.763. The summed E-state index contributed by atoms with van der Waals surface area (Å²) < 4.78 is 14.3. The Bertz CT molecular complexity index is 940. The second-order valence-corrected chi connectivity index (χ2v) is 8.12. The number of halogens is 2. The van der Waals surface area contributed by atoms with E-state index in [1.807, 2.05) is 19.0 Å². The van der Waals surface area contributed by atoms with E-state index in [1.165, 1.54) is 17.0 Å². The van der Waals surface area contributed by atoms with E-state index in [2.05, 4.69) is 15.9 Å². The van der Waals surface area contributed by atoms with Gasteiger partial charge in [-0.25, -0.2) is 4.39 Å². The summed E-state index contributed by atoms with van der Waals surface area (Å²) >= 11 is 3.34. The predicted molar refractivity (Wildman–Crippen MR) is 113 cm³/mol. The van der Waals surface area contributed by atoms with Gasteiger partial charge in [0.15, 0.2) is 0 Å². The molecule has 0 spiro atoms. The van der Waals surface area contributed by atoms with Crippen LogP contribution in [0.3, 0.4) is 0 Å². The van der Waals surface area contributed by atoms with Crippen LogP contribution in [0, 0.1) is 5.82 Å². The summed E-state index contributed by atoms with van der Waals surface area (Å²) in [6.07, 6.45) is 0.663. The number of hydrogen-bond acceptors (Lipinski definition) is 4. The van der Waals surface area contributed by atoms with Gasteiger partial charge in [0.2, 0.25) is 0 Å². The Balaban J connectivity index is 2.07. The number of carbonyl (C=O) groups excluding carboxylic acids is 2. The van der Waals surface area contributed by atoms with Crippen LogP contribution >= 0.6 is 15.9 Å². The van der Waals surface area contributed by atoms with Crippen LogP contribution in [-0.4, -0.2) is 53.8 Å². The van der Waals surface area contributed by atoms with Gasteiger partial charge in [0.1, 0.15) is 11.6 Å². The lowest BCUT2D eigenvalue weighted by molar-refractivity contribution is -0.139. The van der Waals surface area contributed by atoms with Crippen LogP contribution in [0.5, 0.6) is 0 Å². The summed E-state index contributed by atoms with van der Waals surface area (Å²) in [4.78, 5) is 29.1. The number of amides is 1. The maximum absolute atomic E-state index is 13.5. The third-order valence-corrected chi connectivity index (χ3v) is 5.38. The first-order chi connectivity index (χ1) is 13.8. The molecule has 2 aromatic carbocycles. The molecule has 1 heterocycles. The third-order valence-electron chi connectivity index (χ3n) is 4.85. The molecule has 0 bridgehead atoms. The van der Waals surface area contributed by atoms with E-state index >= 15 is 0 Å². The van der Waals surface area contributed by atoms with E-state index in [1.54, 1.807) is 36.4 Å². The lowest BCUT2D eigenvalue weighted by Crippen LogP contribution is -2.32. The fourth-order valence-electron chi connectivity index (χ4n) is 3.42. The molecule has 1 saturated heterocycles. The molecule has 0 aliphatic carbocycles. The quantitative estimate of drug-likeness (QED) is 0.402. The van der Waals surface area contributed by atoms with Crippen molar-refractivity contribution in [3.05, 3.63) is 75.5 Å².